The van der Waals surface area contributed by atoms with Crippen molar-refractivity contribution in [2.75, 3.05) is 17.8 Å². The SMILES string of the molecule is CC(Oc1ccc2[nH]nc(C(=O)Nc3ccc(N=S(C)(C)=O)cc3)c2c1)c1c(Cl)cncc1Cl. The number of hydrogen-bond acceptors (Lipinski definition) is 6. The second-order valence-electron chi connectivity index (χ2n) is 7.83. The number of rotatable bonds is 6. The molecule has 2 heterocycles. The van der Waals surface area contributed by atoms with Gasteiger partial charge in [0, 0.05) is 51.3 Å². The second-order valence-corrected chi connectivity index (χ2v) is 11.2. The first-order valence-corrected chi connectivity index (χ1v) is 13.2. The molecule has 176 valence electrons. The van der Waals surface area contributed by atoms with E-state index in [1.165, 1.54) is 12.4 Å². The van der Waals surface area contributed by atoms with Crippen molar-refractivity contribution in [2.24, 2.45) is 4.36 Å². The van der Waals surface area contributed by atoms with Crippen LogP contribution in [0.2, 0.25) is 10.0 Å². The number of ether oxygens (including phenoxy) is 1. The highest BCUT2D eigenvalue weighted by atomic mass is 35.5. The van der Waals surface area contributed by atoms with E-state index >= 15 is 0 Å². The molecule has 11 heteroatoms. The number of nitrogens with zero attached hydrogens (tertiary/aromatic N) is 3. The number of nitrogens with one attached hydrogen (secondary N) is 2. The van der Waals surface area contributed by atoms with Crippen LogP contribution in [0, 0.1) is 0 Å². The zero-order valence-electron chi connectivity index (χ0n) is 18.5. The summed E-state index contributed by atoms with van der Waals surface area (Å²) < 4.78 is 22.0. The fourth-order valence-electron chi connectivity index (χ4n) is 3.36. The van der Waals surface area contributed by atoms with Gasteiger partial charge in [0.25, 0.3) is 5.91 Å². The van der Waals surface area contributed by atoms with Gasteiger partial charge in [0.15, 0.2) is 5.69 Å². The van der Waals surface area contributed by atoms with Crippen LogP contribution >= 0.6 is 23.2 Å². The zero-order chi connectivity index (χ0) is 24.5. The van der Waals surface area contributed by atoms with Crippen LogP contribution in [0.15, 0.2) is 59.2 Å². The van der Waals surface area contributed by atoms with Gasteiger partial charge in [-0.25, -0.2) is 4.21 Å². The molecule has 1 unspecified atom stereocenters. The summed E-state index contributed by atoms with van der Waals surface area (Å²) in [5, 5.41) is 11.2. The molecule has 2 aromatic carbocycles. The fourth-order valence-corrected chi connectivity index (χ4v) is 4.66. The third kappa shape index (κ3) is 5.49. The standard InChI is InChI=1S/C23H21Cl2N5O3S/c1-13(21-18(24)11-26-12-19(21)25)33-16-8-9-20-17(10-16)22(29-28-20)23(31)27-14-4-6-15(7-5-14)30-34(2,3)32/h4-13H,1-3H3,(H,27,31)(H,28,29). The van der Waals surface area contributed by atoms with Crippen molar-refractivity contribution < 1.29 is 13.7 Å². The maximum atomic E-state index is 12.9. The molecule has 0 saturated carbocycles. The summed E-state index contributed by atoms with van der Waals surface area (Å²) in [6.45, 7) is 1.83. The van der Waals surface area contributed by atoms with Gasteiger partial charge in [-0.2, -0.15) is 9.46 Å². The molecule has 0 aliphatic rings. The van der Waals surface area contributed by atoms with Crippen LogP contribution in [0.4, 0.5) is 11.4 Å². The zero-order valence-corrected chi connectivity index (χ0v) is 20.8. The van der Waals surface area contributed by atoms with E-state index in [9.17, 15) is 9.00 Å². The van der Waals surface area contributed by atoms with Crippen LogP contribution in [0.3, 0.4) is 0 Å². The number of anilines is 1. The van der Waals surface area contributed by atoms with Crippen LogP contribution in [0.5, 0.6) is 5.75 Å². The Morgan fingerprint density at radius 3 is 2.44 bits per heavy atom. The molecule has 0 spiro atoms. The molecule has 0 aliphatic heterocycles. The number of pyridine rings is 1. The summed E-state index contributed by atoms with van der Waals surface area (Å²) in [6, 6.07) is 12.0. The van der Waals surface area contributed by atoms with Crippen molar-refractivity contribution >= 4 is 61.1 Å². The average Bonchev–Trinajstić information content (AvgIpc) is 3.17. The summed E-state index contributed by atoms with van der Waals surface area (Å²) in [6.07, 6.45) is 5.69. The molecule has 2 N–H and O–H groups in total. The van der Waals surface area contributed by atoms with Crippen molar-refractivity contribution in [3.05, 3.63) is 76.2 Å². The Kier molecular flexibility index (Phi) is 6.79. The monoisotopic (exact) mass is 517 g/mol. The number of carbonyl (C=O) groups excluding carboxylic acids is 1. The van der Waals surface area contributed by atoms with E-state index in [0.29, 0.717) is 43.6 Å². The van der Waals surface area contributed by atoms with E-state index in [1.54, 1.807) is 55.0 Å². The number of carbonyl (C=O) groups is 1. The number of fused-ring (bicyclic) bond motifs is 1. The number of amides is 1. The predicted octanol–water partition coefficient (Wildman–Crippen LogP) is 6.02. The minimum atomic E-state index is -2.26. The first kappa shape index (κ1) is 24.0. The first-order chi connectivity index (χ1) is 16.1. The lowest BCUT2D eigenvalue weighted by Gasteiger charge is -2.17. The van der Waals surface area contributed by atoms with Crippen LogP contribution in [-0.2, 0) is 9.73 Å². The fraction of sp³-hybridized carbons (Fsp3) is 0.174. The second kappa shape index (κ2) is 9.61. The van der Waals surface area contributed by atoms with Crippen molar-refractivity contribution in [1.29, 1.82) is 0 Å². The average molecular weight is 518 g/mol. The van der Waals surface area contributed by atoms with Gasteiger partial charge in [-0.15, -0.1) is 0 Å². The molecule has 0 radical (unpaired) electrons. The van der Waals surface area contributed by atoms with Crippen LogP contribution in [0.25, 0.3) is 10.9 Å². The molecule has 1 atom stereocenters. The molecule has 0 bridgehead atoms. The topological polar surface area (TPSA) is 109 Å². The third-order valence-electron chi connectivity index (χ3n) is 4.81. The Balaban J connectivity index is 1.55. The quantitative estimate of drug-likeness (QED) is 0.325. The van der Waals surface area contributed by atoms with E-state index in [2.05, 4.69) is 24.9 Å². The molecule has 8 nitrogen and oxygen atoms in total. The molecule has 34 heavy (non-hydrogen) atoms. The Morgan fingerprint density at radius 1 is 1.12 bits per heavy atom. The third-order valence-corrected chi connectivity index (χ3v) is 6.06. The molecular formula is C23H21Cl2N5O3S. The molecular weight excluding hydrogens is 497 g/mol. The normalized spacial score (nSPS) is 12.4. The number of aromatic amines is 1. The van der Waals surface area contributed by atoms with Gasteiger partial charge in [0.1, 0.15) is 11.9 Å². The Labute approximate surface area is 206 Å². The van der Waals surface area contributed by atoms with E-state index in [-0.39, 0.29) is 5.69 Å². The van der Waals surface area contributed by atoms with Crippen molar-refractivity contribution in [3.63, 3.8) is 0 Å². The van der Waals surface area contributed by atoms with E-state index in [4.69, 9.17) is 27.9 Å². The molecule has 0 aliphatic carbocycles. The Hall–Kier alpha value is -3.14. The molecule has 4 rings (SSSR count). The Bertz CT molecular complexity index is 1470. The first-order valence-electron chi connectivity index (χ1n) is 10.1. The van der Waals surface area contributed by atoms with Gasteiger partial charge in [-0.3, -0.25) is 14.9 Å². The summed E-state index contributed by atoms with van der Waals surface area (Å²) >= 11 is 12.5. The number of H-pyrrole nitrogens is 1. The minimum absolute atomic E-state index is 0.215. The highest BCUT2D eigenvalue weighted by Crippen LogP contribution is 2.33. The van der Waals surface area contributed by atoms with Gasteiger partial charge < -0.3 is 10.1 Å². The molecule has 0 saturated heterocycles. The van der Waals surface area contributed by atoms with Crippen molar-refractivity contribution in [2.45, 2.75) is 13.0 Å². The summed E-state index contributed by atoms with van der Waals surface area (Å²) in [5.41, 5.74) is 2.65. The van der Waals surface area contributed by atoms with Gasteiger partial charge in [-0.1, -0.05) is 23.2 Å². The number of aromatic nitrogens is 3. The number of halogens is 2. The van der Waals surface area contributed by atoms with Crippen LogP contribution in [-0.4, -0.2) is 37.8 Å². The van der Waals surface area contributed by atoms with Gasteiger partial charge >= 0.3 is 0 Å². The van der Waals surface area contributed by atoms with E-state index < -0.39 is 21.7 Å². The summed E-state index contributed by atoms with van der Waals surface area (Å²) in [7, 11) is -2.26. The van der Waals surface area contributed by atoms with Gasteiger partial charge in [0.2, 0.25) is 0 Å². The maximum absolute atomic E-state index is 12.9. The predicted molar refractivity (Wildman–Crippen MR) is 136 cm³/mol. The molecule has 2 aromatic heterocycles. The van der Waals surface area contributed by atoms with E-state index in [1.807, 2.05) is 6.92 Å². The summed E-state index contributed by atoms with van der Waals surface area (Å²) in [5.74, 6) is 0.129. The molecule has 0 fully saturated rings. The smallest absolute Gasteiger partial charge is 0.276 e. The van der Waals surface area contributed by atoms with Crippen molar-refractivity contribution in [1.82, 2.24) is 15.2 Å². The molecule has 1 amide bonds. The van der Waals surface area contributed by atoms with E-state index in [0.717, 1.165) is 0 Å². The highest BCUT2D eigenvalue weighted by molar-refractivity contribution is 7.92. The maximum Gasteiger partial charge on any atom is 0.276 e. The lowest BCUT2D eigenvalue weighted by Crippen LogP contribution is -2.12. The lowest BCUT2D eigenvalue weighted by molar-refractivity contribution is 0.102. The van der Waals surface area contributed by atoms with Gasteiger partial charge in [-0.05, 0) is 49.4 Å². The van der Waals surface area contributed by atoms with Crippen LogP contribution in [0.1, 0.15) is 29.1 Å². The largest absolute Gasteiger partial charge is 0.486 e. The van der Waals surface area contributed by atoms with Gasteiger partial charge in [0.05, 0.1) is 21.2 Å². The Morgan fingerprint density at radius 2 is 1.79 bits per heavy atom. The molecule has 4 aromatic rings. The van der Waals surface area contributed by atoms with Crippen LogP contribution < -0.4 is 10.1 Å². The lowest BCUT2D eigenvalue weighted by atomic mass is 10.1. The van der Waals surface area contributed by atoms with Crippen molar-refractivity contribution in [3.8, 4) is 5.75 Å². The highest BCUT2D eigenvalue weighted by Gasteiger charge is 2.18. The minimum Gasteiger partial charge on any atom is -0.486 e. The summed E-state index contributed by atoms with van der Waals surface area (Å²) in [4.78, 5) is 16.9. The number of hydrogen-bond donors (Lipinski definition) is 2. The number of benzene rings is 2.